The minimum Gasteiger partial charge on any atom is -0.225 e. The first-order valence-electron chi connectivity index (χ1n) is 5.64. The number of tetrazole rings is 1. The molecule has 0 aliphatic heterocycles. The molecule has 0 spiro atoms. The van der Waals surface area contributed by atoms with Crippen LogP contribution in [-0.2, 0) is 5.88 Å². The summed E-state index contributed by atoms with van der Waals surface area (Å²) in [6.07, 6.45) is 6.23. The maximum absolute atomic E-state index is 5.80. The maximum atomic E-state index is 5.80. The number of halogens is 1. The molecule has 1 fully saturated rings. The van der Waals surface area contributed by atoms with E-state index >= 15 is 0 Å². The molecule has 1 heterocycles. The van der Waals surface area contributed by atoms with Crippen molar-refractivity contribution in [2.75, 3.05) is 0 Å². The van der Waals surface area contributed by atoms with E-state index in [2.05, 4.69) is 22.4 Å². The van der Waals surface area contributed by atoms with Crippen molar-refractivity contribution in [2.45, 2.75) is 50.9 Å². The third kappa shape index (κ3) is 2.48. The van der Waals surface area contributed by atoms with Gasteiger partial charge in [-0.3, -0.25) is 0 Å². The van der Waals surface area contributed by atoms with E-state index in [0.29, 0.717) is 11.9 Å². The Labute approximate surface area is 95.0 Å². The SMILES string of the molecule is CC1CCCC(n2nnnc2CCl)CC1. The molecule has 5 heteroatoms. The van der Waals surface area contributed by atoms with Crippen LogP contribution in [0.1, 0.15) is 50.9 Å². The van der Waals surface area contributed by atoms with Crippen molar-refractivity contribution < 1.29 is 0 Å². The summed E-state index contributed by atoms with van der Waals surface area (Å²) in [4.78, 5) is 0. The average molecular weight is 229 g/mol. The summed E-state index contributed by atoms with van der Waals surface area (Å²) >= 11 is 5.80. The molecule has 0 radical (unpaired) electrons. The Kier molecular flexibility index (Phi) is 3.57. The fourth-order valence-corrected chi connectivity index (χ4v) is 2.47. The highest BCUT2D eigenvalue weighted by Gasteiger charge is 2.20. The van der Waals surface area contributed by atoms with E-state index in [0.717, 1.165) is 11.7 Å². The van der Waals surface area contributed by atoms with Crippen molar-refractivity contribution >= 4 is 11.6 Å². The number of hydrogen-bond donors (Lipinski definition) is 0. The van der Waals surface area contributed by atoms with Crippen LogP contribution in [-0.4, -0.2) is 20.2 Å². The maximum Gasteiger partial charge on any atom is 0.166 e. The largest absolute Gasteiger partial charge is 0.225 e. The molecule has 4 nitrogen and oxygen atoms in total. The predicted molar refractivity (Wildman–Crippen MR) is 58.7 cm³/mol. The van der Waals surface area contributed by atoms with Crippen LogP contribution in [0.15, 0.2) is 0 Å². The van der Waals surface area contributed by atoms with Gasteiger partial charge in [-0.15, -0.1) is 16.7 Å². The molecule has 15 heavy (non-hydrogen) atoms. The first-order chi connectivity index (χ1) is 7.31. The molecule has 1 aromatic heterocycles. The topological polar surface area (TPSA) is 43.6 Å². The van der Waals surface area contributed by atoms with Crippen LogP contribution >= 0.6 is 11.6 Å². The lowest BCUT2D eigenvalue weighted by molar-refractivity contribution is 0.382. The number of alkyl halides is 1. The predicted octanol–water partition coefficient (Wildman–Crippen LogP) is 2.55. The van der Waals surface area contributed by atoms with Gasteiger partial charge >= 0.3 is 0 Å². The standard InChI is InChI=1S/C10H17ClN4/c1-8-3-2-4-9(6-5-8)15-10(7-11)12-13-14-15/h8-9H,2-7H2,1H3. The van der Waals surface area contributed by atoms with E-state index in [9.17, 15) is 0 Å². The quantitative estimate of drug-likeness (QED) is 0.577. The molecular formula is C10H17ClN4. The summed E-state index contributed by atoms with van der Waals surface area (Å²) in [7, 11) is 0. The van der Waals surface area contributed by atoms with E-state index in [1.165, 1.54) is 32.1 Å². The molecule has 2 rings (SSSR count). The van der Waals surface area contributed by atoms with Crippen molar-refractivity contribution in [3.63, 3.8) is 0 Å². The fourth-order valence-electron chi connectivity index (χ4n) is 2.30. The molecule has 84 valence electrons. The van der Waals surface area contributed by atoms with Gasteiger partial charge in [0.25, 0.3) is 0 Å². The molecule has 1 aromatic rings. The highest BCUT2D eigenvalue weighted by atomic mass is 35.5. The Morgan fingerprint density at radius 2 is 2.20 bits per heavy atom. The zero-order valence-corrected chi connectivity index (χ0v) is 9.82. The number of hydrogen-bond acceptors (Lipinski definition) is 3. The van der Waals surface area contributed by atoms with Gasteiger partial charge in [0.05, 0.1) is 11.9 Å². The lowest BCUT2D eigenvalue weighted by Crippen LogP contribution is -2.13. The number of aromatic nitrogens is 4. The third-order valence-corrected chi connectivity index (χ3v) is 3.49. The summed E-state index contributed by atoms with van der Waals surface area (Å²) in [5, 5.41) is 11.7. The minimum absolute atomic E-state index is 0.402. The lowest BCUT2D eigenvalue weighted by Gasteiger charge is -2.14. The van der Waals surface area contributed by atoms with Crippen LogP contribution in [0, 0.1) is 5.92 Å². The van der Waals surface area contributed by atoms with Crippen LogP contribution < -0.4 is 0 Å². The first kappa shape index (κ1) is 10.9. The third-order valence-electron chi connectivity index (χ3n) is 3.25. The molecular weight excluding hydrogens is 212 g/mol. The van der Waals surface area contributed by atoms with E-state index in [1.54, 1.807) is 0 Å². The Hall–Kier alpha value is -0.640. The Bertz CT molecular complexity index is 312. The summed E-state index contributed by atoms with van der Waals surface area (Å²) in [6.45, 7) is 2.32. The first-order valence-corrected chi connectivity index (χ1v) is 6.17. The van der Waals surface area contributed by atoms with E-state index in [4.69, 9.17) is 11.6 Å². The zero-order valence-electron chi connectivity index (χ0n) is 9.06. The van der Waals surface area contributed by atoms with Gasteiger partial charge in [-0.25, -0.2) is 4.68 Å². The van der Waals surface area contributed by atoms with Gasteiger partial charge in [-0.1, -0.05) is 19.8 Å². The van der Waals surface area contributed by atoms with E-state index in [1.807, 2.05) is 4.68 Å². The highest BCUT2D eigenvalue weighted by molar-refractivity contribution is 6.16. The molecule has 0 aromatic carbocycles. The summed E-state index contributed by atoms with van der Waals surface area (Å²) < 4.78 is 1.92. The second-order valence-electron chi connectivity index (χ2n) is 4.44. The van der Waals surface area contributed by atoms with Crippen LogP contribution in [0.4, 0.5) is 0 Å². The second-order valence-corrected chi connectivity index (χ2v) is 4.71. The Morgan fingerprint density at radius 1 is 1.33 bits per heavy atom. The van der Waals surface area contributed by atoms with E-state index in [-0.39, 0.29) is 0 Å². The van der Waals surface area contributed by atoms with Crippen LogP contribution in [0.3, 0.4) is 0 Å². The Balaban J connectivity index is 2.09. The molecule has 0 N–H and O–H groups in total. The van der Waals surface area contributed by atoms with Crippen molar-refractivity contribution in [2.24, 2.45) is 5.92 Å². The minimum atomic E-state index is 0.402. The second kappa shape index (κ2) is 4.92. The van der Waals surface area contributed by atoms with Gasteiger partial charge in [0, 0.05) is 0 Å². The van der Waals surface area contributed by atoms with Crippen molar-refractivity contribution in [3.8, 4) is 0 Å². The van der Waals surface area contributed by atoms with Gasteiger partial charge in [0.1, 0.15) is 0 Å². The summed E-state index contributed by atoms with van der Waals surface area (Å²) in [6, 6.07) is 0.457. The van der Waals surface area contributed by atoms with Crippen LogP contribution in [0.2, 0.25) is 0 Å². The molecule has 1 saturated carbocycles. The Morgan fingerprint density at radius 3 is 3.00 bits per heavy atom. The zero-order chi connectivity index (χ0) is 10.7. The summed E-state index contributed by atoms with van der Waals surface area (Å²) in [5.41, 5.74) is 0. The van der Waals surface area contributed by atoms with Crippen molar-refractivity contribution in [1.82, 2.24) is 20.2 Å². The van der Waals surface area contributed by atoms with Gasteiger partial charge in [-0.2, -0.15) is 0 Å². The van der Waals surface area contributed by atoms with Gasteiger partial charge in [0.2, 0.25) is 0 Å². The van der Waals surface area contributed by atoms with Gasteiger partial charge in [-0.05, 0) is 35.6 Å². The van der Waals surface area contributed by atoms with Gasteiger partial charge in [0.15, 0.2) is 5.82 Å². The molecule has 2 atom stereocenters. The molecule has 1 aliphatic carbocycles. The van der Waals surface area contributed by atoms with Crippen LogP contribution in [0.5, 0.6) is 0 Å². The number of nitrogens with zero attached hydrogens (tertiary/aromatic N) is 4. The van der Waals surface area contributed by atoms with Crippen molar-refractivity contribution in [1.29, 1.82) is 0 Å². The molecule has 2 unspecified atom stereocenters. The van der Waals surface area contributed by atoms with E-state index < -0.39 is 0 Å². The average Bonchev–Trinajstić information content (AvgIpc) is 2.61. The molecule has 0 saturated heterocycles. The monoisotopic (exact) mass is 228 g/mol. The number of rotatable bonds is 2. The molecule has 1 aliphatic rings. The molecule has 0 bridgehead atoms. The highest BCUT2D eigenvalue weighted by Crippen LogP contribution is 2.30. The lowest BCUT2D eigenvalue weighted by atomic mass is 10.0. The molecule has 0 amide bonds. The normalized spacial score (nSPS) is 27.6. The van der Waals surface area contributed by atoms with Crippen LogP contribution in [0.25, 0.3) is 0 Å². The van der Waals surface area contributed by atoms with Crippen molar-refractivity contribution in [3.05, 3.63) is 5.82 Å². The summed E-state index contributed by atoms with van der Waals surface area (Å²) in [5.74, 6) is 2.04. The fraction of sp³-hybridized carbons (Fsp3) is 0.900. The van der Waals surface area contributed by atoms with Gasteiger partial charge < -0.3 is 0 Å². The smallest absolute Gasteiger partial charge is 0.166 e.